The lowest BCUT2D eigenvalue weighted by molar-refractivity contribution is -0.148. The van der Waals surface area contributed by atoms with Crippen LogP contribution in [0.1, 0.15) is 12.8 Å². The highest BCUT2D eigenvalue weighted by Crippen LogP contribution is 2.30. The molecule has 25 heavy (non-hydrogen) atoms. The van der Waals surface area contributed by atoms with Gasteiger partial charge in [0, 0.05) is 0 Å². The molecule has 0 saturated carbocycles. The van der Waals surface area contributed by atoms with E-state index >= 15 is 0 Å². The number of alkyl halides is 3. The molecule has 1 aliphatic heterocycles. The van der Waals surface area contributed by atoms with Gasteiger partial charge in [-0.15, -0.1) is 0 Å². The lowest BCUT2D eigenvalue weighted by atomic mass is 9.98. The number of nitrogens with zero attached hydrogens (tertiary/aromatic N) is 3. The maximum atomic E-state index is 12.4. The molecule has 0 radical (unpaired) electrons. The van der Waals surface area contributed by atoms with Gasteiger partial charge < -0.3 is 16.2 Å². The maximum Gasteiger partial charge on any atom is 0.401 e. The third-order valence-electron chi connectivity index (χ3n) is 4.31. The lowest BCUT2D eigenvalue weighted by Crippen LogP contribution is -2.41. The first-order valence-corrected chi connectivity index (χ1v) is 8.05. The van der Waals surface area contributed by atoms with Gasteiger partial charge in [-0.2, -0.15) is 18.2 Å². The minimum absolute atomic E-state index is 0.0965. The van der Waals surface area contributed by atoms with Crippen LogP contribution in [0.4, 0.5) is 24.9 Å². The SMILES string of the molecule is Nc1nc(N)c2c(OCC3CCN(CC(F)(F)F)CC3)cccc2n1. The number of ether oxygens (including phenoxy) is 1. The average molecular weight is 355 g/mol. The number of hydrogen-bond donors (Lipinski definition) is 2. The molecule has 0 bridgehead atoms. The van der Waals surface area contributed by atoms with Crippen molar-refractivity contribution in [3.05, 3.63) is 18.2 Å². The lowest BCUT2D eigenvalue weighted by Gasteiger charge is -2.32. The number of likely N-dealkylation sites (tertiary alicyclic amines) is 1. The fraction of sp³-hybridized carbons (Fsp3) is 0.500. The summed E-state index contributed by atoms with van der Waals surface area (Å²) in [5.41, 5.74) is 12.1. The van der Waals surface area contributed by atoms with Crippen LogP contribution in [0.25, 0.3) is 10.9 Å². The Morgan fingerprint density at radius 3 is 2.56 bits per heavy atom. The predicted octanol–water partition coefficient (Wildman–Crippen LogP) is 2.45. The van der Waals surface area contributed by atoms with Gasteiger partial charge in [-0.25, -0.2) is 4.98 Å². The third kappa shape index (κ3) is 4.41. The van der Waals surface area contributed by atoms with Crippen molar-refractivity contribution < 1.29 is 17.9 Å². The number of anilines is 2. The summed E-state index contributed by atoms with van der Waals surface area (Å²) in [6, 6.07) is 5.33. The molecule has 0 unspecified atom stereocenters. The van der Waals surface area contributed by atoms with Crippen molar-refractivity contribution >= 4 is 22.7 Å². The monoisotopic (exact) mass is 355 g/mol. The molecule has 0 spiro atoms. The summed E-state index contributed by atoms with van der Waals surface area (Å²) in [6.45, 7) is 0.414. The minimum atomic E-state index is -4.15. The van der Waals surface area contributed by atoms with Gasteiger partial charge in [-0.1, -0.05) is 6.07 Å². The minimum Gasteiger partial charge on any atom is -0.492 e. The maximum absolute atomic E-state index is 12.4. The molecule has 1 saturated heterocycles. The largest absolute Gasteiger partial charge is 0.492 e. The number of fused-ring (bicyclic) bond motifs is 1. The Bertz CT molecular complexity index is 744. The standard InChI is InChI=1S/C16H20F3N5O/c17-16(18,19)9-24-6-4-10(5-7-24)8-25-12-3-1-2-11-13(12)14(20)23-15(21)22-11/h1-3,10H,4-9H2,(H4,20,21,22,23). The van der Waals surface area contributed by atoms with Crippen LogP contribution >= 0.6 is 0 Å². The van der Waals surface area contributed by atoms with Gasteiger partial charge in [-0.05, 0) is 44.0 Å². The molecule has 1 aromatic carbocycles. The molecule has 2 heterocycles. The molecule has 1 fully saturated rings. The van der Waals surface area contributed by atoms with Crippen LogP contribution in [0, 0.1) is 5.92 Å². The molecule has 2 aromatic rings. The zero-order chi connectivity index (χ0) is 18.0. The van der Waals surface area contributed by atoms with E-state index in [-0.39, 0.29) is 17.7 Å². The van der Waals surface area contributed by atoms with Gasteiger partial charge in [0.15, 0.2) is 0 Å². The number of hydrogen-bond acceptors (Lipinski definition) is 6. The normalized spacial score (nSPS) is 17.1. The first-order valence-electron chi connectivity index (χ1n) is 8.05. The van der Waals surface area contributed by atoms with Crippen molar-refractivity contribution in [1.82, 2.24) is 14.9 Å². The van der Waals surface area contributed by atoms with Gasteiger partial charge in [0.1, 0.15) is 11.6 Å². The second kappa shape index (κ2) is 6.91. The van der Waals surface area contributed by atoms with Crippen molar-refractivity contribution in [3.63, 3.8) is 0 Å². The predicted molar refractivity (Wildman–Crippen MR) is 89.1 cm³/mol. The zero-order valence-corrected chi connectivity index (χ0v) is 13.6. The van der Waals surface area contributed by atoms with Crippen molar-refractivity contribution in [2.75, 3.05) is 37.7 Å². The van der Waals surface area contributed by atoms with E-state index < -0.39 is 12.7 Å². The molecular formula is C16H20F3N5O. The van der Waals surface area contributed by atoms with Crippen molar-refractivity contribution in [2.45, 2.75) is 19.0 Å². The molecule has 3 rings (SSSR count). The van der Waals surface area contributed by atoms with E-state index in [1.165, 1.54) is 4.90 Å². The molecular weight excluding hydrogens is 335 g/mol. The smallest absolute Gasteiger partial charge is 0.401 e. The molecule has 4 N–H and O–H groups in total. The highest BCUT2D eigenvalue weighted by Gasteiger charge is 2.32. The molecule has 1 aliphatic rings. The highest BCUT2D eigenvalue weighted by atomic mass is 19.4. The highest BCUT2D eigenvalue weighted by molar-refractivity contribution is 5.94. The third-order valence-corrected chi connectivity index (χ3v) is 4.31. The Morgan fingerprint density at radius 1 is 1.16 bits per heavy atom. The van der Waals surface area contributed by atoms with Crippen molar-refractivity contribution in [2.24, 2.45) is 5.92 Å². The van der Waals surface area contributed by atoms with Crippen LogP contribution in [0.5, 0.6) is 5.75 Å². The van der Waals surface area contributed by atoms with E-state index in [4.69, 9.17) is 16.2 Å². The Hall–Kier alpha value is -2.29. The molecule has 0 aliphatic carbocycles. The van der Waals surface area contributed by atoms with E-state index in [1.807, 2.05) is 0 Å². The van der Waals surface area contributed by atoms with Crippen LogP contribution in [-0.4, -0.2) is 47.3 Å². The topological polar surface area (TPSA) is 90.3 Å². The van der Waals surface area contributed by atoms with Gasteiger partial charge in [0.05, 0.1) is 24.1 Å². The fourth-order valence-corrected chi connectivity index (χ4v) is 3.09. The van der Waals surface area contributed by atoms with Crippen molar-refractivity contribution in [1.29, 1.82) is 0 Å². The molecule has 0 atom stereocenters. The van der Waals surface area contributed by atoms with E-state index in [0.29, 0.717) is 49.2 Å². The van der Waals surface area contributed by atoms with Gasteiger partial charge >= 0.3 is 6.18 Å². The van der Waals surface area contributed by atoms with E-state index in [9.17, 15) is 13.2 Å². The van der Waals surface area contributed by atoms with E-state index in [0.717, 1.165) is 0 Å². The Morgan fingerprint density at radius 2 is 1.88 bits per heavy atom. The van der Waals surface area contributed by atoms with Crippen LogP contribution in [0.15, 0.2) is 18.2 Å². The summed E-state index contributed by atoms with van der Waals surface area (Å²) < 4.78 is 43.1. The second-order valence-corrected chi connectivity index (χ2v) is 6.26. The zero-order valence-electron chi connectivity index (χ0n) is 13.6. The summed E-state index contributed by atoms with van der Waals surface area (Å²) in [5.74, 6) is 1.11. The number of nitrogen functional groups attached to an aromatic ring is 2. The van der Waals surface area contributed by atoms with Crippen LogP contribution in [0.2, 0.25) is 0 Å². The number of rotatable bonds is 4. The average Bonchev–Trinajstić information content (AvgIpc) is 2.52. The summed E-state index contributed by atoms with van der Waals surface area (Å²) >= 11 is 0. The molecule has 136 valence electrons. The first-order chi connectivity index (χ1) is 11.8. The number of benzene rings is 1. The summed E-state index contributed by atoms with van der Waals surface area (Å²) in [6.07, 6.45) is -2.81. The fourth-order valence-electron chi connectivity index (χ4n) is 3.09. The van der Waals surface area contributed by atoms with Gasteiger partial charge in [0.25, 0.3) is 0 Å². The quantitative estimate of drug-likeness (QED) is 0.876. The number of nitrogens with two attached hydrogens (primary N) is 2. The molecule has 6 nitrogen and oxygen atoms in total. The molecule has 1 aromatic heterocycles. The Labute approximate surface area is 143 Å². The second-order valence-electron chi connectivity index (χ2n) is 6.26. The number of aromatic nitrogens is 2. The van der Waals surface area contributed by atoms with Crippen molar-refractivity contribution in [3.8, 4) is 5.75 Å². The Balaban J connectivity index is 1.61. The Kier molecular flexibility index (Phi) is 4.85. The summed E-state index contributed by atoms with van der Waals surface area (Å²) in [4.78, 5) is 9.52. The van der Waals surface area contributed by atoms with Gasteiger partial charge in [-0.3, -0.25) is 4.90 Å². The van der Waals surface area contributed by atoms with E-state index in [1.54, 1.807) is 18.2 Å². The first kappa shape index (κ1) is 17.5. The van der Waals surface area contributed by atoms with Crippen LogP contribution in [0.3, 0.4) is 0 Å². The van der Waals surface area contributed by atoms with Crippen LogP contribution < -0.4 is 16.2 Å². The van der Waals surface area contributed by atoms with E-state index in [2.05, 4.69) is 9.97 Å². The summed E-state index contributed by atoms with van der Waals surface area (Å²) in [7, 11) is 0. The number of halogens is 3. The molecule has 9 heteroatoms. The number of piperidine rings is 1. The molecule has 0 amide bonds. The van der Waals surface area contributed by atoms with Gasteiger partial charge in [0.2, 0.25) is 5.95 Å². The summed E-state index contributed by atoms with van der Waals surface area (Å²) in [5, 5.41) is 0.603. The van der Waals surface area contributed by atoms with Crippen LogP contribution in [-0.2, 0) is 0 Å².